The van der Waals surface area contributed by atoms with Crippen molar-refractivity contribution >= 4 is 32.7 Å². The van der Waals surface area contributed by atoms with E-state index >= 15 is 0 Å². The molecule has 52 heavy (non-hydrogen) atoms. The summed E-state index contributed by atoms with van der Waals surface area (Å²) in [6.07, 6.45) is 31.3. The first-order valence-corrected chi connectivity index (χ1v) is 23.6. The number of quaternary nitrogens is 1. The standard InChI is InChI=1S/C41H82NO8PS/c1-5-7-9-11-13-15-17-19-21-23-25-27-29-31-40(43)47-37-39(38-49-51(45,46)48-35-33-42(3,4)34-36-52)50-41(44)32-30-28-26-24-22-20-18-16-14-12-10-8-6-2/h39H,5-38H2,1-4H3,(H-,45,46,52)/p+1. The molecule has 2 unspecified atom stereocenters. The number of likely N-dealkylation sites (N-methyl/N-ethyl adjacent to an activating group) is 1. The fourth-order valence-corrected chi connectivity index (χ4v) is 7.48. The summed E-state index contributed by atoms with van der Waals surface area (Å²) < 4.78 is 22.0. The van der Waals surface area contributed by atoms with Crippen LogP contribution in [0.5, 0.6) is 0 Å². The van der Waals surface area contributed by atoms with Crippen molar-refractivity contribution in [3.63, 3.8) is 0 Å². The van der Waals surface area contributed by atoms with Gasteiger partial charge < -0.3 is 18.9 Å². The minimum absolute atomic E-state index is 0.0200. The van der Waals surface area contributed by atoms with E-state index in [0.29, 0.717) is 29.6 Å². The first kappa shape index (κ1) is 51.5. The van der Waals surface area contributed by atoms with Crippen LogP contribution >= 0.6 is 20.8 Å². The molecule has 0 saturated heterocycles. The summed E-state index contributed by atoms with van der Waals surface area (Å²) in [7, 11) is -0.422. The number of esters is 2. The van der Waals surface area contributed by atoms with Crippen LogP contribution in [0.4, 0.5) is 0 Å². The molecule has 0 aromatic carbocycles. The quantitative estimate of drug-likeness (QED) is 0.0208. The fraction of sp³-hybridized carbons (Fsp3) is 0.951. The van der Waals surface area contributed by atoms with E-state index in [1.807, 2.05) is 14.1 Å². The Labute approximate surface area is 326 Å². The Morgan fingerprint density at radius 1 is 0.596 bits per heavy atom. The summed E-state index contributed by atoms with van der Waals surface area (Å²) in [6.45, 7) is 5.17. The van der Waals surface area contributed by atoms with Gasteiger partial charge in [-0.1, -0.05) is 168 Å². The van der Waals surface area contributed by atoms with Crippen LogP contribution in [0.3, 0.4) is 0 Å². The maximum Gasteiger partial charge on any atom is 0.377 e. The maximum atomic E-state index is 12.7. The first-order valence-electron chi connectivity index (χ1n) is 21.4. The van der Waals surface area contributed by atoms with Crippen LogP contribution in [0, 0.1) is 0 Å². The highest BCUT2D eigenvalue weighted by atomic mass is 32.1. The molecule has 0 aliphatic rings. The molecule has 0 saturated carbocycles. The fourth-order valence-electron chi connectivity index (χ4n) is 6.19. The summed E-state index contributed by atoms with van der Waals surface area (Å²) in [4.78, 5) is 48.0. The van der Waals surface area contributed by atoms with Gasteiger partial charge in [-0.2, -0.15) is 26.6 Å². The third kappa shape index (κ3) is 36.5. The third-order valence-corrected chi connectivity index (χ3v) is 11.0. The number of phosphoric ester groups is 1. The van der Waals surface area contributed by atoms with Crippen molar-refractivity contribution in [2.75, 3.05) is 52.8 Å². The van der Waals surface area contributed by atoms with E-state index in [9.17, 15) is 19.4 Å². The first-order chi connectivity index (χ1) is 25.0. The van der Waals surface area contributed by atoms with Crippen molar-refractivity contribution in [1.29, 1.82) is 0 Å². The summed E-state index contributed by atoms with van der Waals surface area (Å²) in [6, 6.07) is 0. The van der Waals surface area contributed by atoms with Gasteiger partial charge >= 0.3 is 20.1 Å². The molecule has 0 radical (unpaired) electrons. The molecule has 1 N–H and O–H groups in total. The van der Waals surface area contributed by atoms with Gasteiger partial charge in [0, 0.05) is 18.6 Å². The number of hydrogen-bond donors (Lipinski definition) is 2. The molecule has 0 amide bonds. The second-order valence-electron chi connectivity index (χ2n) is 15.5. The van der Waals surface area contributed by atoms with Gasteiger partial charge in [-0.15, -0.1) is 0 Å². The lowest BCUT2D eigenvalue weighted by Crippen LogP contribution is -2.44. The summed E-state index contributed by atoms with van der Waals surface area (Å²) in [5.41, 5.74) is 0. The number of unbranched alkanes of at least 4 members (excludes halogenated alkanes) is 24. The van der Waals surface area contributed by atoms with Gasteiger partial charge in [0.05, 0.1) is 20.6 Å². The van der Waals surface area contributed by atoms with E-state index in [-0.39, 0.29) is 25.6 Å². The van der Waals surface area contributed by atoms with Gasteiger partial charge in [0.15, 0.2) is 6.10 Å². The van der Waals surface area contributed by atoms with Crippen molar-refractivity contribution in [2.24, 2.45) is 0 Å². The minimum Gasteiger partial charge on any atom is -0.606 e. The topological polar surface area (TPSA) is 114 Å². The van der Waals surface area contributed by atoms with Crippen LogP contribution in [0.25, 0.3) is 0 Å². The summed E-state index contributed by atoms with van der Waals surface area (Å²) in [5, 5.41) is 0. The predicted octanol–water partition coefficient (Wildman–Crippen LogP) is 10.5. The zero-order valence-corrected chi connectivity index (χ0v) is 36.1. The molecule has 0 heterocycles. The Balaban J connectivity index is 4.46. The van der Waals surface area contributed by atoms with Gasteiger partial charge in [-0.05, 0) is 12.8 Å². The van der Waals surface area contributed by atoms with Gasteiger partial charge in [-0.3, -0.25) is 9.59 Å². The highest BCUT2D eigenvalue weighted by molar-refractivity contribution is 7.80. The number of rotatable bonds is 40. The number of thiol groups is 1. The van der Waals surface area contributed by atoms with Crippen LogP contribution < -0.4 is 4.89 Å². The normalized spacial score (nSPS) is 13.6. The zero-order chi connectivity index (χ0) is 38.6. The van der Waals surface area contributed by atoms with Crippen LogP contribution in [0.15, 0.2) is 0 Å². The van der Waals surface area contributed by atoms with Gasteiger partial charge in [0.25, 0.3) is 0 Å². The smallest absolute Gasteiger partial charge is 0.377 e. The Kier molecular flexibility index (Phi) is 35.8. The third-order valence-electron chi connectivity index (χ3n) is 9.78. The Hall–Kier alpha value is -0.480. The van der Waals surface area contributed by atoms with Gasteiger partial charge in [0.1, 0.15) is 26.4 Å². The molecule has 0 aliphatic carbocycles. The van der Waals surface area contributed by atoms with E-state index in [2.05, 4.69) is 26.5 Å². The SMILES string of the molecule is CCCCCCCCCCCCCCCC(=O)OCC(CO[P+]([O-])(O)OCC[N+](C)(C)CCS)OC(=O)CCCCCCCCCCCCCCC. The van der Waals surface area contributed by atoms with Crippen molar-refractivity contribution in [3.8, 4) is 0 Å². The molecule has 0 aromatic rings. The van der Waals surface area contributed by atoms with E-state index in [1.165, 1.54) is 128 Å². The van der Waals surface area contributed by atoms with Gasteiger partial charge in [0.2, 0.25) is 0 Å². The Morgan fingerprint density at radius 2 is 0.981 bits per heavy atom. The van der Waals surface area contributed by atoms with E-state index in [1.54, 1.807) is 0 Å². The molecule has 0 aromatic heterocycles. The van der Waals surface area contributed by atoms with Gasteiger partial charge in [-0.25, -0.2) is 0 Å². The Bertz CT molecular complexity index is 820. The van der Waals surface area contributed by atoms with Crippen LogP contribution in [0.1, 0.15) is 194 Å². The van der Waals surface area contributed by atoms with E-state index in [4.69, 9.17) is 18.5 Å². The largest absolute Gasteiger partial charge is 0.606 e. The Morgan fingerprint density at radius 3 is 1.38 bits per heavy atom. The van der Waals surface area contributed by atoms with Crippen molar-refractivity contribution in [2.45, 2.75) is 200 Å². The average Bonchev–Trinajstić information content (AvgIpc) is 3.09. The van der Waals surface area contributed by atoms with Crippen LogP contribution in [0.2, 0.25) is 0 Å². The van der Waals surface area contributed by atoms with Crippen molar-refractivity contribution in [3.05, 3.63) is 0 Å². The second kappa shape index (κ2) is 36.2. The zero-order valence-electron chi connectivity index (χ0n) is 34.3. The number of ether oxygens (including phenoxy) is 2. The molecule has 0 fully saturated rings. The van der Waals surface area contributed by atoms with E-state index in [0.717, 1.165) is 38.6 Å². The highest BCUT2D eigenvalue weighted by Crippen LogP contribution is 2.47. The molecular weight excluding hydrogens is 697 g/mol. The predicted molar refractivity (Wildman–Crippen MR) is 218 cm³/mol. The number of nitrogens with zero attached hydrogens (tertiary/aromatic N) is 1. The highest BCUT2D eigenvalue weighted by Gasteiger charge is 2.32. The van der Waals surface area contributed by atoms with E-state index < -0.39 is 26.9 Å². The number of hydrogen-bond acceptors (Lipinski definition) is 9. The van der Waals surface area contributed by atoms with Crippen molar-refractivity contribution in [1.82, 2.24) is 0 Å². The lowest BCUT2D eigenvalue weighted by atomic mass is 10.0. The number of carbonyl (C=O) groups excluding carboxylic acids is 2. The molecule has 2 atom stereocenters. The molecule has 11 heteroatoms. The molecular formula is C41H83NO8PS+. The van der Waals surface area contributed by atoms with Crippen molar-refractivity contribution < 1.29 is 42.4 Å². The van der Waals surface area contributed by atoms with Crippen LogP contribution in [-0.2, 0) is 28.1 Å². The minimum atomic E-state index is -4.40. The van der Waals surface area contributed by atoms with Crippen LogP contribution in [-0.4, -0.2) is 80.2 Å². The summed E-state index contributed by atoms with van der Waals surface area (Å²) >= 11 is 4.26. The number of phosphoric acid groups is 1. The lowest BCUT2D eigenvalue weighted by Gasteiger charge is -2.29. The molecule has 9 nitrogen and oxygen atoms in total. The monoisotopic (exact) mass is 781 g/mol. The lowest BCUT2D eigenvalue weighted by molar-refractivity contribution is -0.887. The second-order valence-corrected chi connectivity index (χ2v) is 17.4. The molecule has 0 aliphatic heterocycles. The molecule has 0 rings (SSSR count). The maximum absolute atomic E-state index is 12.7. The number of carbonyl (C=O) groups is 2. The molecule has 310 valence electrons. The molecule has 0 spiro atoms. The average molecular weight is 781 g/mol. The molecule has 0 bridgehead atoms. The summed E-state index contributed by atoms with van der Waals surface area (Å²) in [5.74, 6) is -0.109.